The zero-order valence-corrected chi connectivity index (χ0v) is 20.0. The van der Waals surface area contributed by atoms with Gasteiger partial charge in [-0.2, -0.15) is 0 Å². The zero-order valence-electron chi connectivity index (χ0n) is 18.8. The molecule has 8 nitrogen and oxygen atoms in total. The molecule has 2 aromatic heterocycles. The lowest BCUT2D eigenvalue weighted by Crippen LogP contribution is -2.45. The number of carbonyl (C=O) groups is 2. The standard InChI is InChI=1S/C23H28N5O3P/c1-13-7-16(23(30)24-4)9-19(32)21(13)22-18(28-12-25-14(2)8-20(28)26-22)10-17-11-27(15(3)29)5-6-31-17/h7-9,12,17H,5-6,10-11,32H2,1-4H3,(H,24,30)/t17-/m0/s1. The molecule has 1 aliphatic rings. The van der Waals surface area contributed by atoms with Crippen LogP contribution in [0.1, 0.15) is 34.2 Å². The number of morpholine rings is 1. The Morgan fingerprint density at radius 3 is 2.75 bits per heavy atom. The van der Waals surface area contributed by atoms with Gasteiger partial charge in [-0.3, -0.25) is 14.0 Å². The van der Waals surface area contributed by atoms with Crippen molar-refractivity contribution in [1.29, 1.82) is 0 Å². The Hall–Kier alpha value is -2.83. The summed E-state index contributed by atoms with van der Waals surface area (Å²) >= 11 is 0. The number of amides is 2. The minimum atomic E-state index is -0.133. The minimum Gasteiger partial charge on any atom is -0.374 e. The van der Waals surface area contributed by atoms with Crippen molar-refractivity contribution in [2.45, 2.75) is 33.3 Å². The Bertz CT molecular complexity index is 1180. The number of nitrogens with zero attached hydrogens (tertiary/aromatic N) is 4. The van der Waals surface area contributed by atoms with Crippen LogP contribution in [0.15, 0.2) is 24.5 Å². The molecular weight excluding hydrogens is 425 g/mol. The lowest BCUT2D eigenvalue weighted by atomic mass is 9.98. The molecule has 1 fully saturated rings. The summed E-state index contributed by atoms with van der Waals surface area (Å²) in [5.41, 5.74) is 6.04. The number of rotatable bonds is 4. The topological polar surface area (TPSA) is 88.8 Å². The highest BCUT2D eigenvalue weighted by atomic mass is 31.0. The van der Waals surface area contributed by atoms with Crippen LogP contribution in [0.25, 0.3) is 16.9 Å². The van der Waals surface area contributed by atoms with Gasteiger partial charge in [-0.1, -0.05) is 0 Å². The number of hydrogen-bond donors (Lipinski definition) is 1. The first kappa shape index (κ1) is 22.4. The quantitative estimate of drug-likeness (QED) is 0.607. The number of hydrogen-bond acceptors (Lipinski definition) is 5. The van der Waals surface area contributed by atoms with Crippen LogP contribution in [0.3, 0.4) is 0 Å². The van der Waals surface area contributed by atoms with Gasteiger partial charge in [0.05, 0.1) is 24.1 Å². The normalized spacial score (nSPS) is 16.4. The molecular formula is C23H28N5O3P. The number of aryl methyl sites for hydroxylation is 2. The highest BCUT2D eigenvalue weighted by Crippen LogP contribution is 2.30. The van der Waals surface area contributed by atoms with Crippen molar-refractivity contribution in [3.8, 4) is 11.3 Å². The number of carbonyl (C=O) groups excluding carboxylic acids is 2. The molecule has 32 heavy (non-hydrogen) atoms. The first-order valence-electron chi connectivity index (χ1n) is 10.6. The number of aromatic nitrogens is 3. The number of fused-ring (bicyclic) bond motifs is 1. The van der Waals surface area contributed by atoms with Gasteiger partial charge >= 0.3 is 0 Å². The third kappa shape index (κ3) is 4.25. The highest BCUT2D eigenvalue weighted by molar-refractivity contribution is 7.28. The summed E-state index contributed by atoms with van der Waals surface area (Å²) in [4.78, 5) is 35.3. The number of benzene rings is 1. The van der Waals surface area contributed by atoms with Gasteiger partial charge in [-0.15, -0.1) is 9.24 Å². The molecule has 2 amide bonds. The summed E-state index contributed by atoms with van der Waals surface area (Å²) in [5.74, 6) is -0.0693. The monoisotopic (exact) mass is 453 g/mol. The maximum atomic E-state index is 12.2. The fourth-order valence-corrected chi connectivity index (χ4v) is 4.79. The summed E-state index contributed by atoms with van der Waals surface area (Å²) in [6, 6.07) is 5.69. The van der Waals surface area contributed by atoms with E-state index in [0.717, 1.165) is 39.2 Å². The van der Waals surface area contributed by atoms with Crippen molar-refractivity contribution in [3.05, 3.63) is 47.0 Å². The molecule has 0 bridgehead atoms. The molecule has 0 radical (unpaired) electrons. The van der Waals surface area contributed by atoms with E-state index in [2.05, 4.69) is 19.5 Å². The fraction of sp³-hybridized carbons (Fsp3) is 0.391. The Kier molecular flexibility index (Phi) is 6.26. The Morgan fingerprint density at radius 1 is 1.28 bits per heavy atom. The van der Waals surface area contributed by atoms with E-state index in [1.54, 1.807) is 20.3 Å². The molecule has 4 rings (SSSR count). The molecule has 1 unspecified atom stereocenters. The summed E-state index contributed by atoms with van der Waals surface area (Å²) in [6.45, 7) is 7.19. The third-order valence-electron chi connectivity index (χ3n) is 5.85. The van der Waals surface area contributed by atoms with Crippen molar-refractivity contribution in [2.75, 3.05) is 26.7 Å². The van der Waals surface area contributed by atoms with Crippen LogP contribution < -0.4 is 10.6 Å². The summed E-state index contributed by atoms with van der Waals surface area (Å²) < 4.78 is 8.00. The SMILES string of the molecule is CNC(=O)c1cc(C)c(-c2nc3cc(C)ncn3c2C[C@H]2CN(C(C)=O)CCO2)c(P)c1. The van der Waals surface area contributed by atoms with Crippen molar-refractivity contribution in [2.24, 2.45) is 0 Å². The van der Waals surface area contributed by atoms with Crippen LogP contribution in [-0.4, -0.2) is 63.9 Å². The molecule has 0 aliphatic carbocycles. The Labute approximate surface area is 189 Å². The van der Waals surface area contributed by atoms with Crippen LogP contribution in [0.5, 0.6) is 0 Å². The maximum absolute atomic E-state index is 12.2. The first-order valence-corrected chi connectivity index (χ1v) is 11.2. The second kappa shape index (κ2) is 8.96. The molecule has 1 aromatic carbocycles. The predicted molar refractivity (Wildman–Crippen MR) is 126 cm³/mol. The largest absolute Gasteiger partial charge is 0.374 e. The van der Waals surface area contributed by atoms with E-state index in [4.69, 9.17) is 9.72 Å². The lowest BCUT2D eigenvalue weighted by Gasteiger charge is -2.32. The van der Waals surface area contributed by atoms with Gasteiger partial charge in [0.1, 0.15) is 12.0 Å². The van der Waals surface area contributed by atoms with Crippen LogP contribution in [0.2, 0.25) is 0 Å². The lowest BCUT2D eigenvalue weighted by molar-refractivity contribution is -0.136. The first-order chi connectivity index (χ1) is 15.3. The van der Waals surface area contributed by atoms with E-state index < -0.39 is 0 Å². The van der Waals surface area contributed by atoms with E-state index in [-0.39, 0.29) is 17.9 Å². The van der Waals surface area contributed by atoms with E-state index in [0.29, 0.717) is 31.7 Å². The third-order valence-corrected chi connectivity index (χ3v) is 6.30. The molecule has 1 saturated heterocycles. The Balaban J connectivity index is 1.82. The minimum absolute atomic E-state index is 0.0573. The average Bonchev–Trinajstić information content (AvgIpc) is 3.09. The molecule has 1 N–H and O–H groups in total. The molecule has 1 aliphatic heterocycles. The van der Waals surface area contributed by atoms with Crippen LogP contribution >= 0.6 is 9.24 Å². The maximum Gasteiger partial charge on any atom is 0.251 e. The second-order valence-electron chi connectivity index (χ2n) is 8.16. The van der Waals surface area contributed by atoms with Gasteiger partial charge in [0.15, 0.2) is 0 Å². The number of imidazole rings is 1. The molecule has 0 saturated carbocycles. The van der Waals surface area contributed by atoms with Crippen LogP contribution in [0.4, 0.5) is 0 Å². The van der Waals surface area contributed by atoms with Crippen molar-refractivity contribution in [3.63, 3.8) is 0 Å². The van der Waals surface area contributed by atoms with Gasteiger partial charge in [-0.25, -0.2) is 9.97 Å². The Morgan fingerprint density at radius 2 is 2.06 bits per heavy atom. The van der Waals surface area contributed by atoms with E-state index >= 15 is 0 Å². The van der Waals surface area contributed by atoms with Crippen LogP contribution in [0, 0.1) is 13.8 Å². The zero-order chi connectivity index (χ0) is 23.0. The molecule has 168 valence electrons. The molecule has 3 aromatic rings. The summed E-state index contributed by atoms with van der Waals surface area (Å²) in [5, 5.41) is 3.57. The van der Waals surface area contributed by atoms with Crippen LogP contribution in [-0.2, 0) is 16.0 Å². The molecule has 9 heteroatoms. The number of ether oxygens (including phenoxy) is 1. The van der Waals surface area contributed by atoms with Gasteiger partial charge in [0.2, 0.25) is 5.91 Å². The van der Waals surface area contributed by atoms with Crippen molar-refractivity contribution >= 4 is 32.0 Å². The van der Waals surface area contributed by atoms with Gasteiger partial charge in [0, 0.05) is 56.4 Å². The molecule has 0 spiro atoms. The van der Waals surface area contributed by atoms with Gasteiger partial charge in [-0.05, 0) is 36.8 Å². The highest BCUT2D eigenvalue weighted by Gasteiger charge is 2.27. The van der Waals surface area contributed by atoms with E-state index in [1.165, 1.54) is 0 Å². The van der Waals surface area contributed by atoms with E-state index in [1.807, 2.05) is 41.3 Å². The average molecular weight is 453 g/mol. The summed E-state index contributed by atoms with van der Waals surface area (Å²) in [6.07, 6.45) is 2.25. The van der Waals surface area contributed by atoms with E-state index in [9.17, 15) is 9.59 Å². The fourth-order valence-electron chi connectivity index (χ4n) is 4.24. The van der Waals surface area contributed by atoms with Crippen molar-refractivity contribution < 1.29 is 14.3 Å². The van der Waals surface area contributed by atoms with Gasteiger partial charge in [0.25, 0.3) is 5.91 Å². The molecule has 3 heterocycles. The number of nitrogens with one attached hydrogen (secondary N) is 1. The molecule has 2 atom stereocenters. The predicted octanol–water partition coefficient (Wildman–Crippen LogP) is 1.66. The second-order valence-corrected chi connectivity index (χ2v) is 8.79. The van der Waals surface area contributed by atoms with Crippen molar-refractivity contribution in [1.82, 2.24) is 24.6 Å². The van der Waals surface area contributed by atoms with Gasteiger partial charge < -0.3 is 15.0 Å². The summed E-state index contributed by atoms with van der Waals surface area (Å²) in [7, 11) is 4.36. The smallest absolute Gasteiger partial charge is 0.251 e.